The van der Waals surface area contributed by atoms with E-state index >= 15 is 0 Å². The maximum absolute atomic E-state index is 13.0. The van der Waals surface area contributed by atoms with Crippen molar-refractivity contribution in [3.8, 4) is 0 Å². The molecule has 1 aromatic carbocycles. The number of rotatable bonds is 1. The van der Waals surface area contributed by atoms with Gasteiger partial charge in [0.15, 0.2) is 0 Å². The third-order valence-electron chi connectivity index (χ3n) is 5.91. The van der Waals surface area contributed by atoms with Crippen LogP contribution >= 0.6 is 0 Å². The number of carbonyl (C=O) groups is 1. The number of hydrogen-bond acceptors (Lipinski definition) is 3. The van der Waals surface area contributed by atoms with Gasteiger partial charge in [0.2, 0.25) is 5.43 Å². The maximum Gasteiger partial charge on any atom is 0.259 e. The minimum atomic E-state index is -0.108. The van der Waals surface area contributed by atoms with Gasteiger partial charge in [-0.2, -0.15) is 0 Å². The summed E-state index contributed by atoms with van der Waals surface area (Å²) in [5.74, 6) is -0.0884. The molecule has 5 heteroatoms. The van der Waals surface area contributed by atoms with Crippen LogP contribution in [0.5, 0.6) is 0 Å². The number of amides is 1. The number of piperazine rings is 1. The summed E-state index contributed by atoms with van der Waals surface area (Å²) in [7, 11) is 0. The number of nitrogens with zero attached hydrogens (tertiary/aromatic N) is 3. The van der Waals surface area contributed by atoms with Crippen LogP contribution in [0.25, 0.3) is 10.9 Å². The molecule has 0 aliphatic carbocycles. The van der Waals surface area contributed by atoms with Crippen LogP contribution in [-0.2, 0) is 13.0 Å². The number of pyridine rings is 1. The Kier molecular flexibility index (Phi) is 3.07. The van der Waals surface area contributed by atoms with Crippen LogP contribution in [0.2, 0.25) is 0 Å². The van der Waals surface area contributed by atoms with Gasteiger partial charge in [-0.1, -0.05) is 12.1 Å². The molecule has 1 amide bonds. The molecule has 0 saturated carbocycles. The standard InChI is InChI=1S/C19H21N3O2/c23-18-15-5-1-3-13-6-8-21(17(13)15)12-16(18)19(24)22-10-9-20-7-2-4-14(20)11-22/h1,3,5,12,14H,2,4,6-11H2. The second kappa shape index (κ2) is 5.18. The van der Waals surface area contributed by atoms with E-state index in [9.17, 15) is 9.59 Å². The molecule has 5 nitrogen and oxygen atoms in total. The lowest BCUT2D eigenvalue weighted by molar-refractivity contribution is 0.0569. The summed E-state index contributed by atoms with van der Waals surface area (Å²) in [6.45, 7) is 4.43. The van der Waals surface area contributed by atoms with E-state index in [0.29, 0.717) is 17.0 Å². The van der Waals surface area contributed by atoms with Crippen LogP contribution in [-0.4, -0.2) is 52.5 Å². The Morgan fingerprint density at radius 2 is 2.04 bits per heavy atom. The Labute approximate surface area is 140 Å². The summed E-state index contributed by atoms with van der Waals surface area (Å²) >= 11 is 0. The lowest BCUT2D eigenvalue weighted by Gasteiger charge is -2.37. The molecule has 1 unspecified atom stereocenters. The quantitative estimate of drug-likeness (QED) is 0.798. The van der Waals surface area contributed by atoms with Gasteiger partial charge in [-0.05, 0) is 37.4 Å². The fourth-order valence-corrected chi connectivity index (χ4v) is 4.66. The van der Waals surface area contributed by atoms with Gasteiger partial charge in [-0.15, -0.1) is 0 Å². The highest BCUT2D eigenvalue weighted by atomic mass is 16.2. The lowest BCUT2D eigenvalue weighted by atomic mass is 10.1. The van der Waals surface area contributed by atoms with Crippen molar-refractivity contribution in [3.63, 3.8) is 0 Å². The van der Waals surface area contributed by atoms with Gasteiger partial charge >= 0.3 is 0 Å². The highest BCUT2D eigenvalue weighted by Crippen LogP contribution is 2.25. The van der Waals surface area contributed by atoms with Crippen LogP contribution in [0.15, 0.2) is 29.2 Å². The molecule has 124 valence electrons. The molecule has 3 aliphatic heterocycles. The average Bonchev–Trinajstić information content (AvgIpc) is 3.24. The van der Waals surface area contributed by atoms with Crippen molar-refractivity contribution in [2.24, 2.45) is 0 Å². The van der Waals surface area contributed by atoms with E-state index < -0.39 is 0 Å². The van der Waals surface area contributed by atoms with E-state index in [4.69, 9.17) is 0 Å². The number of aryl methyl sites for hydroxylation is 2. The van der Waals surface area contributed by atoms with Crippen LogP contribution in [0.1, 0.15) is 28.8 Å². The zero-order valence-electron chi connectivity index (χ0n) is 13.7. The minimum Gasteiger partial charge on any atom is -0.346 e. The van der Waals surface area contributed by atoms with Gasteiger partial charge < -0.3 is 9.47 Å². The fraction of sp³-hybridized carbons (Fsp3) is 0.474. The number of para-hydroxylation sites is 1. The van der Waals surface area contributed by atoms with Gasteiger partial charge in [-0.25, -0.2) is 0 Å². The molecule has 0 N–H and O–H groups in total. The van der Waals surface area contributed by atoms with Gasteiger partial charge in [0.25, 0.3) is 5.91 Å². The topological polar surface area (TPSA) is 45.6 Å². The minimum absolute atomic E-state index is 0.0884. The highest BCUT2D eigenvalue weighted by molar-refractivity contribution is 5.98. The number of aromatic nitrogens is 1. The Hall–Kier alpha value is -2.14. The van der Waals surface area contributed by atoms with Crippen molar-refractivity contribution in [1.29, 1.82) is 0 Å². The van der Waals surface area contributed by atoms with Crippen LogP contribution in [0.3, 0.4) is 0 Å². The van der Waals surface area contributed by atoms with Crippen molar-refractivity contribution >= 4 is 16.8 Å². The highest BCUT2D eigenvalue weighted by Gasteiger charge is 2.34. The summed E-state index contributed by atoms with van der Waals surface area (Å²) < 4.78 is 2.09. The predicted molar refractivity (Wildman–Crippen MR) is 92.4 cm³/mol. The van der Waals surface area contributed by atoms with Crippen molar-refractivity contribution < 1.29 is 4.79 Å². The second-order valence-corrected chi connectivity index (χ2v) is 7.21. The van der Waals surface area contributed by atoms with E-state index in [-0.39, 0.29) is 11.3 Å². The smallest absolute Gasteiger partial charge is 0.259 e. The zero-order valence-corrected chi connectivity index (χ0v) is 13.7. The van der Waals surface area contributed by atoms with Crippen molar-refractivity contribution in [2.75, 3.05) is 26.2 Å². The van der Waals surface area contributed by atoms with E-state index in [0.717, 1.165) is 51.1 Å². The summed E-state index contributed by atoms with van der Waals surface area (Å²) in [4.78, 5) is 30.3. The number of benzene rings is 1. The summed E-state index contributed by atoms with van der Waals surface area (Å²) in [5, 5.41) is 0.690. The van der Waals surface area contributed by atoms with Crippen molar-refractivity contribution in [3.05, 3.63) is 45.7 Å². The van der Waals surface area contributed by atoms with E-state index in [1.54, 1.807) is 6.20 Å². The molecule has 0 radical (unpaired) electrons. The molecule has 2 aromatic rings. The average molecular weight is 323 g/mol. The predicted octanol–water partition coefficient (Wildman–Crippen LogP) is 1.48. The summed E-state index contributed by atoms with van der Waals surface area (Å²) in [6, 6.07) is 6.34. The maximum atomic E-state index is 13.0. The normalized spacial score (nSPS) is 23.0. The van der Waals surface area contributed by atoms with E-state index in [1.165, 1.54) is 12.0 Å². The van der Waals surface area contributed by atoms with Crippen molar-refractivity contribution in [2.45, 2.75) is 31.8 Å². The Bertz CT molecular complexity index is 901. The molecule has 24 heavy (non-hydrogen) atoms. The number of fused-ring (bicyclic) bond motifs is 1. The van der Waals surface area contributed by atoms with E-state index in [1.807, 2.05) is 17.0 Å². The molecule has 1 aromatic heterocycles. The Morgan fingerprint density at radius 1 is 1.12 bits per heavy atom. The fourth-order valence-electron chi connectivity index (χ4n) is 4.66. The lowest BCUT2D eigenvalue weighted by Crippen LogP contribution is -2.52. The molecular formula is C19H21N3O2. The van der Waals surface area contributed by atoms with E-state index in [2.05, 4.69) is 15.5 Å². The first kappa shape index (κ1) is 14.2. The first-order valence-corrected chi connectivity index (χ1v) is 8.91. The van der Waals surface area contributed by atoms with Crippen LogP contribution < -0.4 is 5.43 Å². The largest absolute Gasteiger partial charge is 0.346 e. The number of carbonyl (C=O) groups excluding carboxylic acids is 1. The van der Waals surface area contributed by atoms with Gasteiger partial charge in [0.05, 0.1) is 5.52 Å². The first-order valence-electron chi connectivity index (χ1n) is 8.91. The molecule has 2 saturated heterocycles. The first-order chi connectivity index (χ1) is 11.7. The zero-order chi connectivity index (χ0) is 16.3. The van der Waals surface area contributed by atoms with Gasteiger partial charge in [0, 0.05) is 43.8 Å². The Morgan fingerprint density at radius 3 is 2.96 bits per heavy atom. The summed E-state index contributed by atoms with van der Waals surface area (Å²) in [6.07, 6.45) is 5.12. The molecular weight excluding hydrogens is 302 g/mol. The molecule has 4 heterocycles. The third-order valence-corrected chi connectivity index (χ3v) is 5.91. The van der Waals surface area contributed by atoms with Gasteiger partial charge in [0.1, 0.15) is 5.56 Å². The third kappa shape index (κ3) is 1.97. The molecule has 0 spiro atoms. The van der Waals surface area contributed by atoms with Crippen LogP contribution in [0.4, 0.5) is 0 Å². The molecule has 5 rings (SSSR count). The second-order valence-electron chi connectivity index (χ2n) is 7.21. The summed E-state index contributed by atoms with van der Waals surface area (Å²) in [5.41, 5.74) is 2.46. The molecule has 2 fully saturated rings. The molecule has 0 bridgehead atoms. The monoisotopic (exact) mass is 323 g/mol. The van der Waals surface area contributed by atoms with Crippen LogP contribution in [0, 0.1) is 0 Å². The molecule has 1 atom stereocenters. The van der Waals surface area contributed by atoms with Gasteiger partial charge in [-0.3, -0.25) is 14.5 Å². The number of hydrogen-bond donors (Lipinski definition) is 0. The molecule has 3 aliphatic rings. The van der Waals surface area contributed by atoms with Crippen molar-refractivity contribution in [1.82, 2.24) is 14.4 Å². The SMILES string of the molecule is O=C(c1cn2c3c(cccc3c1=O)CC2)N1CCN2CCCC2C1. The Balaban J connectivity index is 1.54.